The molecular formula is C20H36N2O5. The summed E-state index contributed by atoms with van der Waals surface area (Å²) in [5.74, 6) is -0.0525. The molecular weight excluding hydrogens is 348 g/mol. The lowest BCUT2D eigenvalue weighted by Gasteiger charge is -2.28. The van der Waals surface area contributed by atoms with E-state index < -0.39 is 0 Å². The van der Waals surface area contributed by atoms with Gasteiger partial charge in [-0.05, 0) is 57.8 Å². The fraction of sp³-hybridized carbons (Fsp3) is 0.900. The van der Waals surface area contributed by atoms with Crippen molar-refractivity contribution in [2.45, 2.75) is 82.5 Å². The molecule has 0 unspecified atom stereocenters. The molecule has 0 aromatic heterocycles. The number of rotatable bonds is 10. The summed E-state index contributed by atoms with van der Waals surface area (Å²) >= 11 is 0. The molecule has 156 valence electrons. The van der Waals surface area contributed by atoms with Gasteiger partial charge in [0, 0.05) is 25.6 Å². The molecule has 2 aliphatic rings. The molecule has 0 aromatic rings. The van der Waals surface area contributed by atoms with Gasteiger partial charge in [-0.1, -0.05) is 0 Å². The van der Waals surface area contributed by atoms with Crippen molar-refractivity contribution in [3.63, 3.8) is 0 Å². The van der Waals surface area contributed by atoms with E-state index in [-0.39, 0.29) is 23.8 Å². The minimum Gasteiger partial charge on any atom is -0.469 e. The van der Waals surface area contributed by atoms with Gasteiger partial charge in [0.05, 0.1) is 31.8 Å². The molecule has 3 N–H and O–H groups in total. The largest absolute Gasteiger partial charge is 0.469 e. The van der Waals surface area contributed by atoms with Gasteiger partial charge in [0.25, 0.3) is 0 Å². The molecule has 1 amide bonds. The molecule has 2 aliphatic carbocycles. The predicted octanol–water partition coefficient (Wildman–Crippen LogP) is 1.92. The van der Waals surface area contributed by atoms with Crippen molar-refractivity contribution in [3.8, 4) is 0 Å². The monoisotopic (exact) mass is 384 g/mol. The molecule has 0 spiro atoms. The van der Waals surface area contributed by atoms with E-state index in [1.54, 1.807) is 0 Å². The summed E-state index contributed by atoms with van der Waals surface area (Å²) in [5.41, 5.74) is 5.46. The molecule has 0 aromatic carbocycles. The van der Waals surface area contributed by atoms with E-state index in [4.69, 9.17) is 19.9 Å². The van der Waals surface area contributed by atoms with Gasteiger partial charge in [-0.15, -0.1) is 0 Å². The van der Waals surface area contributed by atoms with E-state index in [9.17, 15) is 9.59 Å². The Morgan fingerprint density at radius 1 is 0.926 bits per heavy atom. The number of carbonyl (C=O) groups is 2. The average molecular weight is 385 g/mol. The molecule has 0 aliphatic heterocycles. The summed E-state index contributed by atoms with van der Waals surface area (Å²) in [4.78, 5) is 23.6. The lowest BCUT2D eigenvalue weighted by molar-refractivity contribution is -0.146. The first-order valence-electron chi connectivity index (χ1n) is 10.4. The number of nitrogens with one attached hydrogen (secondary N) is 1. The molecule has 27 heavy (non-hydrogen) atoms. The van der Waals surface area contributed by atoms with Gasteiger partial charge >= 0.3 is 5.97 Å². The molecule has 0 atom stereocenters. The molecule has 7 nitrogen and oxygen atoms in total. The van der Waals surface area contributed by atoms with Crippen LogP contribution in [0.4, 0.5) is 0 Å². The number of hydrogen-bond acceptors (Lipinski definition) is 6. The van der Waals surface area contributed by atoms with Gasteiger partial charge in [0.15, 0.2) is 0 Å². The maximum atomic E-state index is 12.1. The topological polar surface area (TPSA) is 99.9 Å². The van der Waals surface area contributed by atoms with Crippen molar-refractivity contribution in [2.75, 3.05) is 26.9 Å². The SMILES string of the molecule is COC(=O)C1CCC(NC(=O)CCCOC2CCC(OCCN)CC2)CC1. The minimum atomic E-state index is -0.128. The number of esters is 1. The standard InChI is InChI=1S/C20H36N2O5/c1-25-20(24)15-4-6-16(7-5-15)22-19(23)3-2-13-26-17-8-10-18(11-9-17)27-14-12-21/h15-18H,2-14,21H2,1H3,(H,22,23). The Bertz CT molecular complexity index is 444. The fourth-order valence-corrected chi connectivity index (χ4v) is 4.02. The number of ether oxygens (including phenoxy) is 3. The molecule has 2 saturated carbocycles. The first-order chi connectivity index (χ1) is 13.1. The minimum absolute atomic E-state index is 0.00708. The maximum Gasteiger partial charge on any atom is 0.308 e. The average Bonchev–Trinajstić information content (AvgIpc) is 2.70. The van der Waals surface area contributed by atoms with Crippen LogP contribution in [0.5, 0.6) is 0 Å². The molecule has 0 radical (unpaired) electrons. The summed E-state index contributed by atoms with van der Waals surface area (Å²) in [6.07, 6.45) is 9.21. The van der Waals surface area contributed by atoms with Crippen molar-refractivity contribution in [2.24, 2.45) is 11.7 Å². The molecule has 2 fully saturated rings. The van der Waals surface area contributed by atoms with Crippen molar-refractivity contribution in [1.29, 1.82) is 0 Å². The Morgan fingerprint density at radius 2 is 1.52 bits per heavy atom. The highest BCUT2D eigenvalue weighted by Gasteiger charge is 2.27. The van der Waals surface area contributed by atoms with Crippen molar-refractivity contribution in [1.82, 2.24) is 5.32 Å². The quantitative estimate of drug-likeness (QED) is 0.441. The summed E-state index contributed by atoms with van der Waals surface area (Å²) < 4.78 is 16.4. The zero-order valence-electron chi connectivity index (χ0n) is 16.6. The fourth-order valence-electron chi connectivity index (χ4n) is 4.02. The Morgan fingerprint density at radius 3 is 2.07 bits per heavy atom. The third kappa shape index (κ3) is 8.15. The Balaban J connectivity index is 1.49. The highest BCUT2D eigenvalue weighted by molar-refractivity contribution is 5.76. The molecule has 7 heteroatoms. The van der Waals surface area contributed by atoms with Crippen LogP contribution in [-0.4, -0.2) is 57.0 Å². The summed E-state index contributed by atoms with van der Waals surface area (Å²) in [6.45, 7) is 1.84. The van der Waals surface area contributed by atoms with Crippen LogP contribution in [0.25, 0.3) is 0 Å². The highest BCUT2D eigenvalue weighted by Crippen LogP contribution is 2.25. The summed E-state index contributed by atoms with van der Waals surface area (Å²) in [6, 6.07) is 0.183. The van der Waals surface area contributed by atoms with Gasteiger partial charge in [-0.3, -0.25) is 9.59 Å². The second-order valence-corrected chi connectivity index (χ2v) is 7.67. The second-order valence-electron chi connectivity index (χ2n) is 7.67. The van der Waals surface area contributed by atoms with Crippen LogP contribution >= 0.6 is 0 Å². The van der Waals surface area contributed by atoms with E-state index in [2.05, 4.69) is 5.32 Å². The van der Waals surface area contributed by atoms with E-state index in [0.29, 0.717) is 38.4 Å². The van der Waals surface area contributed by atoms with Crippen LogP contribution in [0.3, 0.4) is 0 Å². The smallest absolute Gasteiger partial charge is 0.308 e. The summed E-state index contributed by atoms with van der Waals surface area (Å²) in [5, 5.41) is 3.09. The number of hydrogen-bond donors (Lipinski definition) is 2. The number of methoxy groups -OCH3 is 1. The van der Waals surface area contributed by atoms with E-state index >= 15 is 0 Å². The van der Waals surface area contributed by atoms with Gasteiger partial charge < -0.3 is 25.3 Å². The lowest BCUT2D eigenvalue weighted by Crippen LogP contribution is -2.38. The van der Waals surface area contributed by atoms with Crippen LogP contribution in [0.1, 0.15) is 64.2 Å². The Kier molecular flexibility index (Phi) is 10.1. The van der Waals surface area contributed by atoms with Crippen LogP contribution in [0, 0.1) is 5.92 Å². The lowest BCUT2D eigenvalue weighted by atomic mass is 9.86. The normalized spacial score (nSPS) is 28.5. The van der Waals surface area contributed by atoms with Gasteiger partial charge in [-0.25, -0.2) is 0 Å². The first kappa shape index (κ1) is 22.1. The maximum absolute atomic E-state index is 12.1. The van der Waals surface area contributed by atoms with E-state index in [1.807, 2.05) is 0 Å². The summed E-state index contributed by atoms with van der Waals surface area (Å²) in [7, 11) is 1.43. The van der Waals surface area contributed by atoms with Crippen molar-refractivity contribution >= 4 is 11.9 Å². The van der Waals surface area contributed by atoms with Gasteiger partial charge in [0.1, 0.15) is 0 Å². The predicted molar refractivity (Wildman–Crippen MR) is 102 cm³/mol. The molecule has 0 heterocycles. The number of amides is 1. The van der Waals surface area contributed by atoms with E-state index in [1.165, 1.54) is 7.11 Å². The zero-order valence-corrected chi connectivity index (χ0v) is 16.6. The van der Waals surface area contributed by atoms with Crippen LogP contribution in [0.15, 0.2) is 0 Å². The first-order valence-corrected chi connectivity index (χ1v) is 10.4. The number of carbonyl (C=O) groups excluding carboxylic acids is 2. The van der Waals surface area contributed by atoms with Crippen LogP contribution in [-0.2, 0) is 23.8 Å². The second kappa shape index (κ2) is 12.3. The Hall–Kier alpha value is -1.18. The van der Waals surface area contributed by atoms with Gasteiger partial charge in [-0.2, -0.15) is 0 Å². The van der Waals surface area contributed by atoms with Crippen molar-refractivity contribution in [3.05, 3.63) is 0 Å². The Labute approximate surface area is 162 Å². The molecule has 0 saturated heterocycles. The van der Waals surface area contributed by atoms with E-state index in [0.717, 1.165) is 57.8 Å². The molecule has 2 rings (SSSR count). The third-order valence-corrected chi connectivity index (χ3v) is 5.62. The third-order valence-electron chi connectivity index (χ3n) is 5.62. The van der Waals surface area contributed by atoms with Crippen LogP contribution < -0.4 is 11.1 Å². The molecule has 0 bridgehead atoms. The zero-order chi connectivity index (χ0) is 19.5. The van der Waals surface area contributed by atoms with Crippen LogP contribution in [0.2, 0.25) is 0 Å². The van der Waals surface area contributed by atoms with Gasteiger partial charge in [0.2, 0.25) is 5.91 Å². The van der Waals surface area contributed by atoms with Crippen molar-refractivity contribution < 1.29 is 23.8 Å². The number of nitrogens with two attached hydrogens (primary N) is 1. The highest BCUT2D eigenvalue weighted by atomic mass is 16.5.